The van der Waals surface area contributed by atoms with Gasteiger partial charge in [0.1, 0.15) is 5.54 Å². The lowest BCUT2D eigenvalue weighted by Gasteiger charge is -2.34. The zero-order chi connectivity index (χ0) is 15.1. The van der Waals surface area contributed by atoms with Gasteiger partial charge in [0.25, 0.3) is 0 Å². The molecule has 2 rings (SSSR count). The van der Waals surface area contributed by atoms with Gasteiger partial charge in [-0.3, -0.25) is 5.32 Å². The van der Waals surface area contributed by atoms with Crippen LogP contribution in [0.25, 0.3) is 0 Å². The minimum atomic E-state index is -0.595. The van der Waals surface area contributed by atoms with E-state index in [9.17, 15) is 5.26 Å². The number of likely N-dealkylation sites (N-methyl/N-ethyl adjacent to an activating group) is 1. The van der Waals surface area contributed by atoms with Crippen molar-refractivity contribution in [1.82, 2.24) is 10.2 Å². The number of benzene rings is 1. The van der Waals surface area contributed by atoms with Crippen molar-refractivity contribution >= 4 is 0 Å². The third-order valence-electron chi connectivity index (χ3n) is 4.26. The van der Waals surface area contributed by atoms with Crippen molar-refractivity contribution in [1.29, 1.82) is 5.26 Å². The highest BCUT2D eigenvalue weighted by Crippen LogP contribution is 2.31. The fourth-order valence-electron chi connectivity index (χ4n) is 2.76. The van der Waals surface area contributed by atoms with Crippen LogP contribution in [0.2, 0.25) is 0 Å². The zero-order valence-electron chi connectivity index (χ0n) is 13.3. The maximum absolute atomic E-state index is 9.91. The van der Waals surface area contributed by atoms with Crippen LogP contribution < -0.4 is 5.32 Å². The van der Waals surface area contributed by atoms with Crippen LogP contribution in [0.5, 0.6) is 0 Å². The first-order chi connectivity index (χ1) is 10.2. The monoisotopic (exact) mass is 285 g/mol. The summed E-state index contributed by atoms with van der Waals surface area (Å²) in [6, 6.07) is 12.8. The molecule has 3 nitrogen and oxygen atoms in total. The Morgan fingerprint density at radius 1 is 1.29 bits per heavy atom. The molecule has 1 saturated carbocycles. The predicted octanol–water partition coefficient (Wildman–Crippen LogP) is 3.14. The second-order valence-corrected chi connectivity index (χ2v) is 6.08. The molecule has 0 aromatic heterocycles. The highest BCUT2D eigenvalue weighted by molar-refractivity contribution is 5.32. The lowest BCUT2D eigenvalue weighted by atomic mass is 9.90. The van der Waals surface area contributed by atoms with Crippen LogP contribution in [0.15, 0.2) is 30.3 Å². The van der Waals surface area contributed by atoms with Gasteiger partial charge in [0.2, 0.25) is 0 Å². The van der Waals surface area contributed by atoms with Crippen molar-refractivity contribution in [2.45, 2.75) is 38.6 Å². The van der Waals surface area contributed by atoms with Gasteiger partial charge < -0.3 is 4.90 Å². The minimum Gasteiger partial charge on any atom is -0.300 e. The van der Waals surface area contributed by atoms with Crippen molar-refractivity contribution in [3.05, 3.63) is 35.9 Å². The Balaban J connectivity index is 2.19. The van der Waals surface area contributed by atoms with E-state index in [1.54, 1.807) is 0 Å². The Hall–Kier alpha value is -1.37. The molecule has 0 amide bonds. The molecular weight excluding hydrogens is 258 g/mol. The Morgan fingerprint density at radius 2 is 2.00 bits per heavy atom. The summed E-state index contributed by atoms with van der Waals surface area (Å²) in [6.07, 6.45) is 3.73. The molecule has 1 unspecified atom stereocenters. The van der Waals surface area contributed by atoms with Crippen molar-refractivity contribution < 1.29 is 0 Å². The molecule has 0 radical (unpaired) electrons. The molecular formula is C18H27N3. The van der Waals surface area contributed by atoms with Crippen LogP contribution in [0.1, 0.15) is 38.7 Å². The van der Waals surface area contributed by atoms with Gasteiger partial charge in [-0.25, -0.2) is 0 Å². The lowest BCUT2D eigenvalue weighted by molar-refractivity contribution is 0.212. The summed E-state index contributed by atoms with van der Waals surface area (Å²) in [5, 5.41) is 13.4. The van der Waals surface area contributed by atoms with E-state index in [4.69, 9.17) is 0 Å². The van der Waals surface area contributed by atoms with Gasteiger partial charge in [0.15, 0.2) is 0 Å². The molecule has 1 aliphatic rings. The topological polar surface area (TPSA) is 39.1 Å². The van der Waals surface area contributed by atoms with Crippen LogP contribution >= 0.6 is 0 Å². The molecule has 0 aliphatic heterocycles. The maximum Gasteiger partial charge on any atom is 0.145 e. The first kappa shape index (κ1) is 16.0. The summed E-state index contributed by atoms with van der Waals surface area (Å²) in [4.78, 5) is 2.43. The Bertz CT molecular complexity index is 461. The smallest absolute Gasteiger partial charge is 0.145 e. The summed E-state index contributed by atoms with van der Waals surface area (Å²) in [5.41, 5.74) is 0.484. The van der Waals surface area contributed by atoms with Gasteiger partial charge in [0, 0.05) is 13.1 Å². The minimum absolute atomic E-state index is 0.595. The van der Waals surface area contributed by atoms with Gasteiger partial charge in [-0.15, -0.1) is 0 Å². The molecule has 1 atom stereocenters. The Morgan fingerprint density at radius 3 is 2.52 bits per heavy atom. The van der Waals surface area contributed by atoms with Crippen LogP contribution in [0, 0.1) is 17.2 Å². The number of nitrogens with zero attached hydrogens (tertiary/aromatic N) is 2. The van der Waals surface area contributed by atoms with E-state index in [-0.39, 0.29) is 0 Å². The van der Waals surface area contributed by atoms with E-state index in [0.29, 0.717) is 0 Å². The number of rotatable bonds is 9. The highest BCUT2D eigenvalue weighted by Gasteiger charge is 2.35. The van der Waals surface area contributed by atoms with Gasteiger partial charge in [0.05, 0.1) is 6.07 Å². The third-order valence-corrected chi connectivity index (χ3v) is 4.26. The number of nitriles is 1. The number of hydrogen-bond donors (Lipinski definition) is 1. The summed E-state index contributed by atoms with van der Waals surface area (Å²) in [7, 11) is 0. The van der Waals surface area contributed by atoms with Gasteiger partial charge in [-0.1, -0.05) is 44.2 Å². The molecule has 1 aliphatic carbocycles. The molecule has 0 heterocycles. The summed E-state index contributed by atoms with van der Waals surface area (Å²) < 4.78 is 0. The zero-order valence-corrected chi connectivity index (χ0v) is 13.3. The average molecular weight is 285 g/mol. The number of nitrogens with one attached hydrogen (secondary N) is 1. The normalized spacial score (nSPS) is 17.4. The Labute approximate surface area is 129 Å². The van der Waals surface area contributed by atoms with Crippen LogP contribution in [-0.4, -0.2) is 31.1 Å². The fraction of sp³-hybridized carbons (Fsp3) is 0.611. The quantitative estimate of drug-likeness (QED) is 0.757. The third kappa shape index (κ3) is 4.30. The Kier molecular flexibility index (Phi) is 5.78. The van der Waals surface area contributed by atoms with E-state index in [0.717, 1.165) is 44.1 Å². The SMILES string of the molecule is CCCNC(C#N)(CN(CC)CC1CC1)c1ccccc1. The largest absolute Gasteiger partial charge is 0.300 e. The summed E-state index contributed by atoms with van der Waals surface area (Å²) in [6.45, 7) is 8.09. The number of hydrogen-bond acceptors (Lipinski definition) is 3. The average Bonchev–Trinajstić information content (AvgIpc) is 3.35. The predicted molar refractivity (Wildman–Crippen MR) is 86.9 cm³/mol. The summed E-state index contributed by atoms with van der Waals surface area (Å²) in [5.74, 6) is 0.850. The van der Waals surface area contributed by atoms with Crippen LogP contribution in [0.3, 0.4) is 0 Å². The molecule has 21 heavy (non-hydrogen) atoms. The standard InChI is InChI=1S/C18H27N3/c1-3-12-20-18(14-19,17-8-6-5-7-9-17)15-21(4-2)13-16-10-11-16/h5-9,16,20H,3-4,10-13,15H2,1-2H3. The molecule has 1 aromatic carbocycles. The van der Waals surface area contributed by atoms with E-state index in [1.165, 1.54) is 12.8 Å². The first-order valence-corrected chi connectivity index (χ1v) is 8.18. The van der Waals surface area contributed by atoms with E-state index >= 15 is 0 Å². The molecule has 0 spiro atoms. The first-order valence-electron chi connectivity index (χ1n) is 8.18. The van der Waals surface area contributed by atoms with Crippen LogP contribution in [0.4, 0.5) is 0 Å². The second-order valence-electron chi connectivity index (χ2n) is 6.08. The maximum atomic E-state index is 9.91. The van der Waals surface area contributed by atoms with E-state index in [1.807, 2.05) is 18.2 Å². The van der Waals surface area contributed by atoms with Gasteiger partial charge >= 0.3 is 0 Å². The van der Waals surface area contributed by atoms with Crippen molar-refractivity contribution in [2.24, 2.45) is 5.92 Å². The molecule has 3 heteroatoms. The summed E-state index contributed by atoms with van der Waals surface area (Å²) >= 11 is 0. The lowest BCUT2D eigenvalue weighted by Crippen LogP contribution is -2.50. The van der Waals surface area contributed by atoms with Crippen molar-refractivity contribution in [2.75, 3.05) is 26.2 Å². The second kappa shape index (κ2) is 7.59. The molecule has 1 aromatic rings. The molecule has 1 N–H and O–H groups in total. The van der Waals surface area contributed by atoms with E-state index < -0.39 is 5.54 Å². The highest BCUT2D eigenvalue weighted by atomic mass is 15.2. The van der Waals surface area contributed by atoms with Crippen molar-refractivity contribution in [3.63, 3.8) is 0 Å². The molecule has 114 valence electrons. The van der Waals surface area contributed by atoms with E-state index in [2.05, 4.69) is 42.3 Å². The fourth-order valence-corrected chi connectivity index (χ4v) is 2.76. The van der Waals surface area contributed by atoms with Gasteiger partial charge in [-0.05, 0) is 43.8 Å². The van der Waals surface area contributed by atoms with Crippen molar-refractivity contribution in [3.8, 4) is 6.07 Å². The van der Waals surface area contributed by atoms with Crippen LogP contribution in [-0.2, 0) is 5.54 Å². The molecule has 0 bridgehead atoms. The molecule has 0 saturated heterocycles. The molecule has 1 fully saturated rings. The van der Waals surface area contributed by atoms with Gasteiger partial charge in [-0.2, -0.15) is 5.26 Å².